The molecule has 0 spiro atoms. The lowest BCUT2D eigenvalue weighted by Gasteiger charge is -2.06. The molecule has 1 aromatic heterocycles. The van der Waals surface area contributed by atoms with Gasteiger partial charge in [0.05, 0.1) is 12.1 Å². The molecule has 0 saturated carbocycles. The zero-order valence-electron chi connectivity index (χ0n) is 11.8. The van der Waals surface area contributed by atoms with Gasteiger partial charge in [0.1, 0.15) is 11.3 Å². The molecule has 6 heteroatoms. The normalized spacial score (nSPS) is 10.4. The van der Waals surface area contributed by atoms with Crippen molar-refractivity contribution in [3.05, 3.63) is 46.8 Å². The molecule has 2 N–H and O–H groups in total. The van der Waals surface area contributed by atoms with Crippen LogP contribution in [-0.2, 0) is 17.6 Å². The van der Waals surface area contributed by atoms with Crippen LogP contribution in [0.2, 0.25) is 0 Å². The molecule has 0 saturated heterocycles. The van der Waals surface area contributed by atoms with Crippen LogP contribution in [0, 0.1) is 6.92 Å². The topological polar surface area (TPSA) is 92.4 Å². The molecule has 0 aliphatic heterocycles. The Bertz CT molecular complexity index is 676. The second-order valence-corrected chi connectivity index (χ2v) is 4.64. The van der Waals surface area contributed by atoms with Crippen molar-refractivity contribution in [3.8, 4) is 0 Å². The van der Waals surface area contributed by atoms with Crippen LogP contribution in [0.5, 0.6) is 0 Å². The van der Waals surface area contributed by atoms with E-state index in [0.29, 0.717) is 34.7 Å². The summed E-state index contributed by atoms with van der Waals surface area (Å²) in [6.07, 6.45) is 0.509. The van der Waals surface area contributed by atoms with Crippen molar-refractivity contribution in [2.45, 2.75) is 26.7 Å². The van der Waals surface area contributed by atoms with Crippen LogP contribution in [-0.4, -0.2) is 22.1 Å². The molecule has 0 bridgehead atoms. The summed E-state index contributed by atoms with van der Waals surface area (Å²) in [5.74, 6) is -0.759. The van der Waals surface area contributed by atoms with Crippen molar-refractivity contribution in [1.82, 2.24) is 5.16 Å². The Hall–Kier alpha value is -2.63. The van der Waals surface area contributed by atoms with E-state index in [-0.39, 0.29) is 12.3 Å². The van der Waals surface area contributed by atoms with E-state index in [1.807, 2.05) is 6.92 Å². The number of nitrogens with one attached hydrogen (secondary N) is 1. The van der Waals surface area contributed by atoms with Crippen molar-refractivity contribution in [3.63, 3.8) is 0 Å². The summed E-state index contributed by atoms with van der Waals surface area (Å²) in [6, 6.07) is 6.75. The van der Waals surface area contributed by atoms with Gasteiger partial charge < -0.3 is 14.9 Å². The number of rotatable bonds is 5. The lowest BCUT2D eigenvalue weighted by Crippen LogP contribution is -2.14. The number of aromatic nitrogens is 1. The smallest absolute Gasteiger partial charge is 0.307 e. The highest BCUT2D eigenvalue weighted by Gasteiger charge is 2.19. The molecular formula is C15H16N2O4. The van der Waals surface area contributed by atoms with Crippen molar-refractivity contribution < 1.29 is 19.2 Å². The number of amides is 1. The lowest BCUT2D eigenvalue weighted by atomic mass is 10.1. The van der Waals surface area contributed by atoms with Gasteiger partial charge in [0.2, 0.25) is 0 Å². The van der Waals surface area contributed by atoms with Gasteiger partial charge in [-0.05, 0) is 31.0 Å². The summed E-state index contributed by atoms with van der Waals surface area (Å²) in [7, 11) is 0. The molecule has 1 heterocycles. The zero-order chi connectivity index (χ0) is 15.4. The Balaban J connectivity index is 2.19. The number of nitrogens with zero attached hydrogens (tertiary/aromatic N) is 1. The molecule has 0 unspecified atom stereocenters. The monoisotopic (exact) mass is 288 g/mol. The Labute approximate surface area is 121 Å². The van der Waals surface area contributed by atoms with Gasteiger partial charge in [0, 0.05) is 5.69 Å². The van der Waals surface area contributed by atoms with Crippen molar-refractivity contribution >= 4 is 17.6 Å². The van der Waals surface area contributed by atoms with Gasteiger partial charge in [-0.3, -0.25) is 9.59 Å². The fourth-order valence-corrected chi connectivity index (χ4v) is 2.08. The van der Waals surface area contributed by atoms with Gasteiger partial charge in [-0.2, -0.15) is 0 Å². The van der Waals surface area contributed by atoms with Crippen LogP contribution in [0.3, 0.4) is 0 Å². The lowest BCUT2D eigenvalue weighted by molar-refractivity contribution is -0.136. The van der Waals surface area contributed by atoms with Crippen LogP contribution >= 0.6 is 0 Å². The zero-order valence-corrected chi connectivity index (χ0v) is 11.8. The van der Waals surface area contributed by atoms with Crippen LogP contribution < -0.4 is 5.32 Å². The maximum absolute atomic E-state index is 12.3. The van der Waals surface area contributed by atoms with Gasteiger partial charge in [-0.15, -0.1) is 0 Å². The average Bonchev–Trinajstić information content (AvgIpc) is 2.79. The number of hydrogen-bond donors (Lipinski definition) is 2. The molecular weight excluding hydrogens is 272 g/mol. The summed E-state index contributed by atoms with van der Waals surface area (Å²) in [5, 5.41) is 15.4. The molecule has 6 nitrogen and oxygen atoms in total. The Morgan fingerprint density at radius 3 is 2.81 bits per heavy atom. The molecule has 21 heavy (non-hydrogen) atoms. The first-order valence-electron chi connectivity index (χ1n) is 6.58. The maximum Gasteiger partial charge on any atom is 0.307 e. The van der Waals surface area contributed by atoms with E-state index in [1.54, 1.807) is 31.2 Å². The van der Waals surface area contributed by atoms with Crippen molar-refractivity contribution in [2.24, 2.45) is 0 Å². The summed E-state index contributed by atoms with van der Waals surface area (Å²) in [4.78, 5) is 23.0. The number of aliphatic carboxylic acids is 1. The summed E-state index contributed by atoms with van der Waals surface area (Å²) < 4.78 is 5.03. The number of carbonyl (C=O) groups excluding carboxylic acids is 1. The molecule has 0 radical (unpaired) electrons. The van der Waals surface area contributed by atoms with Crippen LogP contribution in [0.1, 0.15) is 34.3 Å². The van der Waals surface area contributed by atoms with E-state index in [4.69, 9.17) is 9.63 Å². The van der Waals surface area contributed by atoms with E-state index in [2.05, 4.69) is 10.5 Å². The molecule has 1 amide bonds. The Morgan fingerprint density at radius 1 is 1.38 bits per heavy atom. The molecule has 0 aliphatic rings. The number of carbonyl (C=O) groups is 2. The highest BCUT2D eigenvalue weighted by atomic mass is 16.5. The van der Waals surface area contributed by atoms with Gasteiger partial charge >= 0.3 is 5.97 Å². The average molecular weight is 288 g/mol. The van der Waals surface area contributed by atoms with Crippen LogP contribution in [0.15, 0.2) is 28.8 Å². The molecule has 2 aromatic rings. The number of aryl methyl sites for hydroxylation is 2. The fraction of sp³-hybridized carbons (Fsp3) is 0.267. The van der Waals surface area contributed by atoms with Gasteiger partial charge in [-0.25, -0.2) is 0 Å². The van der Waals surface area contributed by atoms with Crippen molar-refractivity contribution in [1.29, 1.82) is 0 Å². The Morgan fingerprint density at radius 2 is 2.14 bits per heavy atom. The number of carboxylic acid groups (broad SMARTS) is 1. The van der Waals surface area contributed by atoms with E-state index >= 15 is 0 Å². The number of anilines is 1. The van der Waals surface area contributed by atoms with Crippen LogP contribution in [0.4, 0.5) is 5.69 Å². The second-order valence-electron chi connectivity index (χ2n) is 4.64. The number of hydrogen-bond acceptors (Lipinski definition) is 4. The first kappa shape index (κ1) is 14.8. The molecule has 110 valence electrons. The first-order chi connectivity index (χ1) is 10.0. The quantitative estimate of drug-likeness (QED) is 0.881. The Kier molecular flexibility index (Phi) is 4.37. The third kappa shape index (κ3) is 3.47. The predicted molar refractivity (Wildman–Crippen MR) is 76.4 cm³/mol. The molecule has 2 rings (SSSR count). The first-order valence-corrected chi connectivity index (χ1v) is 6.58. The fourth-order valence-electron chi connectivity index (χ4n) is 2.08. The van der Waals surface area contributed by atoms with E-state index < -0.39 is 5.97 Å². The molecule has 0 atom stereocenters. The van der Waals surface area contributed by atoms with Crippen molar-refractivity contribution in [2.75, 3.05) is 5.32 Å². The van der Waals surface area contributed by atoms with E-state index in [9.17, 15) is 9.59 Å². The van der Waals surface area contributed by atoms with Gasteiger partial charge in [0.25, 0.3) is 5.91 Å². The highest BCUT2D eigenvalue weighted by Crippen LogP contribution is 2.17. The maximum atomic E-state index is 12.3. The van der Waals surface area contributed by atoms with Crippen LogP contribution in [0.25, 0.3) is 0 Å². The number of carboxylic acids is 1. The molecule has 0 aliphatic carbocycles. The second kappa shape index (κ2) is 6.21. The summed E-state index contributed by atoms with van der Waals surface area (Å²) >= 11 is 0. The minimum Gasteiger partial charge on any atom is -0.481 e. The van der Waals surface area contributed by atoms with Gasteiger partial charge in [-0.1, -0.05) is 24.2 Å². The predicted octanol–water partition coefficient (Wildman–Crippen LogP) is 2.42. The minimum atomic E-state index is -0.915. The largest absolute Gasteiger partial charge is 0.481 e. The highest BCUT2D eigenvalue weighted by molar-refractivity contribution is 6.05. The van der Waals surface area contributed by atoms with Gasteiger partial charge in [0.15, 0.2) is 0 Å². The summed E-state index contributed by atoms with van der Waals surface area (Å²) in [5.41, 5.74) is 2.20. The third-order valence-electron chi connectivity index (χ3n) is 3.04. The standard InChI is InChI=1S/C15H16N2O4/c1-3-12-14(9(2)21-17-12)15(20)16-11-6-4-5-10(7-11)8-13(18)19/h4-7H,3,8H2,1-2H3,(H,16,20)(H,18,19). The van der Waals surface area contributed by atoms with E-state index in [1.165, 1.54) is 0 Å². The third-order valence-corrected chi connectivity index (χ3v) is 3.04. The summed E-state index contributed by atoms with van der Waals surface area (Å²) in [6.45, 7) is 3.57. The minimum absolute atomic E-state index is 0.0871. The molecule has 0 fully saturated rings. The SMILES string of the molecule is CCc1noc(C)c1C(=O)Nc1cccc(CC(=O)O)c1. The van der Waals surface area contributed by atoms with E-state index in [0.717, 1.165) is 0 Å². The molecule has 1 aromatic carbocycles. The number of benzene rings is 1.